The fraction of sp³-hybridized carbons (Fsp3) is 0. The van der Waals surface area contributed by atoms with E-state index in [1.165, 1.54) is 12.1 Å². The van der Waals surface area contributed by atoms with Gasteiger partial charge in [-0.15, -0.1) is 0 Å². The first-order valence-electron chi connectivity index (χ1n) is 3.27. The minimum Gasteiger partial charge on any atom is -0.507 e. The zero-order valence-electron chi connectivity index (χ0n) is 6.24. The smallest absolute Gasteiger partial charge is 0.193 e. The fourth-order valence-electron chi connectivity index (χ4n) is 0.761. The maximum absolute atomic E-state index is 9.89. The van der Waals surface area contributed by atoms with Gasteiger partial charge in [-0.1, -0.05) is 5.92 Å². The number of nitrogens with two attached hydrogens (primary N) is 1. The van der Waals surface area contributed by atoms with Crippen molar-refractivity contribution in [1.29, 1.82) is 0 Å². The van der Waals surface area contributed by atoms with E-state index in [0.29, 0.717) is 17.5 Å². The molecule has 0 aliphatic heterocycles. The maximum atomic E-state index is 9.89. The van der Waals surface area contributed by atoms with Gasteiger partial charge in [-0.05, 0) is 24.1 Å². The number of hydrogen-bond donors (Lipinski definition) is 2. The van der Waals surface area contributed by atoms with Crippen molar-refractivity contribution in [3.05, 3.63) is 23.8 Å². The number of nitrogen functional groups attached to an aromatic ring is 1. The molecule has 0 aromatic heterocycles. The average molecular weight is 161 g/mol. The van der Waals surface area contributed by atoms with E-state index < -0.39 is 0 Å². The maximum Gasteiger partial charge on any atom is 0.193 e. The molecule has 3 heteroatoms. The van der Waals surface area contributed by atoms with Crippen molar-refractivity contribution in [2.75, 3.05) is 5.73 Å². The Morgan fingerprint density at radius 2 is 2.25 bits per heavy atom. The Morgan fingerprint density at radius 1 is 1.50 bits per heavy atom. The van der Waals surface area contributed by atoms with E-state index in [2.05, 4.69) is 11.8 Å². The molecule has 3 nitrogen and oxygen atoms in total. The second kappa shape index (κ2) is 3.44. The molecule has 0 amide bonds. The summed E-state index contributed by atoms with van der Waals surface area (Å²) in [7, 11) is 0. The Bertz CT molecular complexity index is 361. The lowest BCUT2D eigenvalue weighted by Gasteiger charge is -1.96. The third-order valence-corrected chi connectivity index (χ3v) is 1.29. The van der Waals surface area contributed by atoms with Crippen molar-refractivity contribution < 1.29 is 9.90 Å². The first kappa shape index (κ1) is 8.15. The molecule has 0 heterocycles. The molecular formula is C9H7NO2. The minimum atomic E-state index is 0.0264. The summed E-state index contributed by atoms with van der Waals surface area (Å²) < 4.78 is 0. The van der Waals surface area contributed by atoms with Crippen LogP contribution in [0.2, 0.25) is 0 Å². The number of hydrogen-bond acceptors (Lipinski definition) is 3. The number of carbonyl (C=O) groups excluding carboxylic acids is 1. The molecule has 0 unspecified atom stereocenters. The van der Waals surface area contributed by atoms with Gasteiger partial charge in [0.2, 0.25) is 0 Å². The van der Waals surface area contributed by atoms with Crippen LogP contribution in [0.25, 0.3) is 0 Å². The highest BCUT2D eigenvalue weighted by molar-refractivity contribution is 5.74. The third kappa shape index (κ3) is 1.77. The van der Waals surface area contributed by atoms with Gasteiger partial charge in [-0.3, -0.25) is 4.79 Å². The Kier molecular flexibility index (Phi) is 2.34. The summed E-state index contributed by atoms with van der Waals surface area (Å²) in [6.07, 6.45) is 0.461. The Hall–Kier alpha value is -1.95. The highest BCUT2D eigenvalue weighted by Gasteiger charge is 1.96. The molecule has 0 atom stereocenters. The topological polar surface area (TPSA) is 63.3 Å². The van der Waals surface area contributed by atoms with Gasteiger partial charge in [0.15, 0.2) is 6.29 Å². The summed E-state index contributed by atoms with van der Waals surface area (Å²) in [5.74, 6) is 4.67. The largest absolute Gasteiger partial charge is 0.507 e. The van der Waals surface area contributed by atoms with Gasteiger partial charge in [0, 0.05) is 5.69 Å². The zero-order chi connectivity index (χ0) is 8.97. The molecule has 0 radical (unpaired) electrons. The lowest BCUT2D eigenvalue weighted by Crippen LogP contribution is -1.85. The summed E-state index contributed by atoms with van der Waals surface area (Å²) in [5.41, 5.74) is 6.30. The van der Waals surface area contributed by atoms with Crippen molar-refractivity contribution in [1.82, 2.24) is 0 Å². The van der Waals surface area contributed by atoms with Crippen molar-refractivity contribution in [3.63, 3.8) is 0 Å². The quantitative estimate of drug-likeness (QED) is 0.252. The lowest BCUT2D eigenvalue weighted by molar-refractivity contribution is -0.103. The van der Waals surface area contributed by atoms with Crippen LogP contribution in [0.15, 0.2) is 18.2 Å². The van der Waals surface area contributed by atoms with E-state index >= 15 is 0 Å². The van der Waals surface area contributed by atoms with E-state index in [-0.39, 0.29) is 5.75 Å². The van der Waals surface area contributed by atoms with Crippen LogP contribution in [0.3, 0.4) is 0 Å². The van der Waals surface area contributed by atoms with Crippen molar-refractivity contribution in [2.24, 2.45) is 0 Å². The lowest BCUT2D eigenvalue weighted by atomic mass is 10.2. The second-order valence-corrected chi connectivity index (χ2v) is 2.16. The first-order chi connectivity index (χ1) is 5.74. The summed E-state index contributed by atoms with van der Waals surface area (Å²) in [6.45, 7) is 0. The predicted molar refractivity (Wildman–Crippen MR) is 45.5 cm³/mol. The summed E-state index contributed by atoms with van der Waals surface area (Å²) >= 11 is 0. The molecule has 1 aromatic rings. The number of aldehydes is 1. The highest BCUT2D eigenvalue weighted by atomic mass is 16.3. The second-order valence-electron chi connectivity index (χ2n) is 2.16. The van der Waals surface area contributed by atoms with E-state index in [0.717, 1.165) is 0 Å². The molecule has 3 N–H and O–H groups in total. The van der Waals surface area contributed by atoms with Crippen molar-refractivity contribution >= 4 is 12.0 Å². The molecule has 0 aliphatic carbocycles. The van der Waals surface area contributed by atoms with E-state index in [1.807, 2.05) is 0 Å². The van der Waals surface area contributed by atoms with E-state index in [4.69, 9.17) is 5.73 Å². The number of anilines is 1. The van der Waals surface area contributed by atoms with Gasteiger partial charge >= 0.3 is 0 Å². The fourth-order valence-corrected chi connectivity index (χ4v) is 0.761. The molecule has 60 valence electrons. The van der Waals surface area contributed by atoms with Gasteiger partial charge in [0.25, 0.3) is 0 Å². The zero-order valence-corrected chi connectivity index (χ0v) is 6.24. The van der Waals surface area contributed by atoms with Gasteiger partial charge in [-0.25, -0.2) is 0 Å². The molecular weight excluding hydrogens is 154 g/mol. The summed E-state index contributed by atoms with van der Waals surface area (Å²) in [6, 6.07) is 4.50. The van der Waals surface area contributed by atoms with Crippen LogP contribution in [0.1, 0.15) is 5.56 Å². The standard InChI is InChI=1S/C9H7NO2/c10-8-3-4-9(12)7(6-8)2-1-5-11/h3-6,12H,10H2. The summed E-state index contributed by atoms with van der Waals surface area (Å²) in [4.78, 5) is 9.89. The minimum absolute atomic E-state index is 0.0264. The van der Waals surface area contributed by atoms with E-state index in [9.17, 15) is 9.90 Å². The van der Waals surface area contributed by atoms with Gasteiger partial charge in [0.1, 0.15) is 5.75 Å². The van der Waals surface area contributed by atoms with Crippen LogP contribution in [0.5, 0.6) is 5.75 Å². The number of aromatic hydroxyl groups is 1. The van der Waals surface area contributed by atoms with Gasteiger partial charge in [0.05, 0.1) is 5.56 Å². The molecule has 0 saturated carbocycles. The Morgan fingerprint density at radius 3 is 2.92 bits per heavy atom. The van der Waals surface area contributed by atoms with Gasteiger partial charge in [-0.2, -0.15) is 0 Å². The van der Waals surface area contributed by atoms with Crippen LogP contribution in [0.4, 0.5) is 5.69 Å². The molecule has 0 saturated heterocycles. The summed E-state index contributed by atoms with van der Waals surface area (Å²) in [5, 5.41) is 9.19. The SMILES string of the molecule is Nc1ccc(O)c(C#CC=O)c1. The van der Waals surface area contributed by atoms with Crippen LogP contribution >= 0.6 is 0 Å². The van der Waals surface area contributed by atoms with Crippen molar-refractivity contribution in [3.8, 4) is 17.6 Å². The van der Waals surface area contributed by atoms with Crippen LogP contribution in [0, 0.1) is 11.8 Å². The van der Waals surface area contributed by atoms with Crippen LogP contribution < -0.4 is 5.73 Å². The molecule has 1 rings (SSSR count). The first-order valence-corrected chi connectivity index (χ1v) is 3.27. The monoisotopic (exact) mass is 161 g/mol. The van der Waals surface area contributed by atoms with Crippen LogP contribution in [-0.4, -0.2) is 11.4 Å². The number of phenols is 1. The number of carbonyl (C=O) groups is 1. The highest BCUT2D eigenvalue weighted by Crippen LogP contribution is 2.17. The molecule has 1 aromatic carbocycles. The number of benzene rings is 1. The van der Waals surface area contributed by atoms with Crippen molar-refractivity contribution in [2.45, 2.75) is 0 Å². The van der Waals surface area contributed by atoms with Crippen LogP contribution in [-0.2, 0) is 4.79 Å². The number of rotatable bonds is 0. The molecule has 0 aliphatic rings. The average Bonchev–Trinajstić information content (AvgIpc) is 2.07. The molecule has 0 spiro atoms. The predicted octanol–water partition coefficient (Wildman–Crippen LogP) is 0.525. The third-order valence-electron chi connectivity index (χ3n) is 1.29. The Labute approximate surface area is 69.8 Å². The van der Waals surface area contributed by atoms with E-state index in [1.54, 1.807) is 6.07 Å². The molecule has 0 bridgehead atoms. The molecule has 0 fully saturated rings. The Balaban J connectivity index is 3.13. The molecule has 12 heavy (non-hydrogen) atoms. The number of phenolic OH excluding ortho intramolecular Hbond substituents is 1. The normalized spacial score (nSPS) is 8.33. The van der Waals surface area contributed by atoms with Gasteiger partial charge < -0.3 is 10.8 Å².